The van der Waals surface area contributed by atoms with Crippen molar-refractivity contribution in [2.75, 3.05) is 0 Å². The molecule has 0 amide bonds. The van der Waals surface area contributed by atoms with E-state index in [0.717, 1.165) is 38.9 Å². The van der Waals surface area contributed by atoms with Gasteiger partial charge in [-0.15, -0.1) is 0 Å². The van der Waals surface area contributed by atoms with Gasteiger partial charge in [0, 0.05) is 28.5 Å². The fraction of sp³-hybridized carbons (Fsp3) is 0.0968. The van der Waals surface area contributed by atoms with Crippen LogP contribution in [0.2, 0.25) is 0 Å². The number of Topliss-reactive ketones (excluding diaryl/α,β-unsaturated/α-hetero) is 1. The predicted molar refractivity (Wildman–Crippen MR) is 137 cm³/mol. The van der Waals surface area contributed by atoms with Gasteiger partial charge in [0.25, 0.3) is 5.56 Å². The third kappa shape index (κ3) is 3.12. The summed E-state index contributed by atoms with van der Waals surface area (Å²) in [7, 11) is 0. The molecule has 164 valence electrons. The molecule has 0 N–H and O–H groups in total. The maximum absolute atomic E-state index is 13.9. The van der Waals surface area contributed by atoms with Gasteiger partial charge in [-0.25, -0.2) is 0 Å². The van der Waals surface area contributed by atoms with E-state index in [4.69, 9.17) is 0 Å². The molecule has 0 bridgehead atoms. The van der Waals surface area contributed by atoms with Crippen LogP contribution in [0.15, 0.2) is 108 Å². The Hall–Kier alpha value is -4.24. The van der Waals surface area contributed by atoms with Crippen LogP contribution in [0.25, 0.3) is 33.2 Å². The summed E-state index contributed by atoms with van der Waals surface area (Å²) in [5, 5.41) is 1.61. The van der Waals surface area contributed by atoms with Crippen LogP contribution in [0, 0.1) is 6.92 Å². The van der Waals surface area contributed by atoms with E-state index >= 15 is 0 Å². The predicted octanol–water partition coefficient (Wildman–Crippen LogP) is 6.82. The Morgan fingerprint density at radius 1 is 0.765 bits per heavy atom. The maximum atomic E-state index is 13.9. The molecule has 1 atom stereocenters. The van der Waals surface area contributed by atoms with Crippen LogP contribution >= 0.6 is 0 Å². The fourth-order valence-electron chi connectivity index (χ4n) is 5.20. The summed E-state index contributed by atoms with van der Waals surface area (Å²) in [5.41, 5.74) is 6.77. The molecule has 0 radical (unpaired) electrons. The molecule has 5 aromatic rings. The van der Waals surface area contributed by atoms with E-state index in [2.05, 4.69) is 18.2 Å². The van der Waals surface area contributed by atoms with Crippen molar-refractivity contribution in [1.29, 1.82) is 0 Å². The lowest BCUT2D eigenvalue weighted by Crippen LogP contribution is -2.25. The van der Waals surface area contributed by atoms with E-state index in [-0.39, 0.29) is 23.8 Å². The van der Waals surface area contributed by atoms with Gasteiger partial charge in [0.2, 0.25) is 0 Å². The molecule has 0 saturated heterocycles. The summed E-state index contributed by atoms with van der Waals surface area (Å²) in [5.74, 6) is 0.0361. The van der Waals surface area contributed by atoms with Crippen LogP contribution in [-0.4, -0.2) is 10.4 Å². The second kappa shape index (κ2) is 7.96. The molecule has 1 unspecified atom stereocenters. The van der Waals surface area contributed by atoms with Crippen LogP contribution in [0.1, 0.15) is 33.9 Å². The highest BCUT2D eigenvalue weighted by atomic mass is 16.1. The lowest BCUT2D eigenvalue weighted by Gasteiger charge is -2.19. The summed E-state index contributed by atoms with van der Waals surface area (Å²) in [6.45, 7) is 2.01. The highest BCUT2D eigenvalue weighted by Crippen LogP contribution is 2.47. The molecule has 0 saturated carbocycles. The molecule has 0 fully saturated rings. The Morgan fingerprint density at radius 3 is 2.18 bits per heavy atom. The van der Waals surface area contributed by atoms with Gasteiger partial charge >= 0.3 is 0 Å². The zero-order valence-electron chi connectivity index (χ0n) is 18.9. The van der Waals surface area contributed by atoms with Crippen molar-refractivity contribution in [2.24, 2.45) is 0 Å². The molecular formula is C31H23NO2. The minimum atomic E-state index is -0.348. The van der Waals surface area contributed by atoms with Gasteiger partial charge in [-0.05, 0) is 29.5 Å². The maximum Gasteiger partial charge on any atom is 0.259 e. The second-order valence-electron chi connectivity index (χ2n) is 8.91. The van der Waals surface area contributed by atoms with Crippen molar-refractivity contribution in [3.8, 4) is 22.4 Å². The number of hydrogen-bond acceptors (Lipinski definition) is 2. The van der Waals surface area contributed by atoms with Gasteiger partial charge in [-0.2, -0.15) is 0 Å². The number of carbonyl (C=O) groups excluding carboxylic acids is 1. The standard InChI is InChI=1S/C31H23NO2/c1-20-15-17-21(18-16-20)28(33)19-27-23-11-5-7-13-25(23)30-29(22-9-3-2-4-10-22)24-12-6-8-14-26(24)31(34)32(27)30/h2-18,27H,19H2,1H3. The molecule has 3 nitrogen and oxygen atoms in total. The molecule has 34 heavy (non-hydrogen) atoms. The molecular weight excluding hydrogens is 418 g/mol. The Morgan fingerprint density at radius 2 is 1.41 bits per heavy atom. The number of aryl methyl sites for hydroxylation is 1. The number of fused-ring (bicyclic) bond motifs is 4. The van der Waals surface area contributed by atoms with Gasteiger partial charge < -0.3 is 0 Å². The SMILES string of the molecule is Cc1ccc(C(=O)CC2c3ccccc3-c3c(-c4ccccc4)c4ccccc4c(=O)n32)cc1. The van der Waals surface area contributed by atoms with E-state index in [1.54, 1.807) is 0 Å². The first-order chi connectivity index (χ1) is 16.6. The second-order valence-corrected chi connectivity index (χ2v) is 8.91. The molecule has 1 aromatic heterocycles. The molecule has 1 aliphatic heterocycles. The number of carbonyl (C=O) groups is 1. The Balaban J connectivity index is 1.63. The summed E-state index contributed by atoms with van der Waals surface area (Å²) in [6, 6.07) is 33.4. The number of benzene rings is 4. The quantitative estimate of drug-likeness (QED) is 0.287. The van der Waals surface area contributed by atoms with Gasteiger partial charge in [-0.1, -0.05) is 103 Å². The first-order valence-corrected chi connectivity index (χ1v) is 11.6. The number of pyridine rings is 1. The Labute approximate surface area is 197 Å². The largest absolute Gasteiger partial charge is 0.299 e. The summed E-state index contributed by atoms with van der Waals surface area (Å²) >= 11 is 0. The zero-order valence-corrected chi connectivity index (χ0v) is 18.9. The van der Waals surface area contributed by atoms with E-state index in [1.165, 1.54) is 0 Å². The van der Waals surface area contributed by atoms with Crippen LogP contribution in [0.3, 0.4) is 0 Å². The van der Waals surface area contributed by atoms with Crippen LogP contribution in [0.5, 0.6) is 0 Å². The molecule has 0 aliphatic carbocycles. The van der Waals surface area contributed by atoms with Crippen molar-refractivity contribution in [2.45, 2.75) is 19.4 Å². The average molecular weight is 442 g/mol. The summed E-state index contributed by atoms with van der Waals surface area (Å²) in [6.07, 6.45) is 0.236. The zero-order chi connectivity index (χ0) is 23.2. The van der Waals surface area contributed by atoms with Crippen LogP contribution in [-0.2, 0) is 0 Å². The Kier molecular flexibility index (Phi) is 4.77. The lowest BCUT2D eigenvalue weighted by molar-refractivity contribution is 0.0970. The minimum Gasteiger partial charge on any atom is -0.299 e. The number of hydrogen-bond donors (Lipinski definition) is 0. The Bertz CT molecular complexity index is 1610. The van der Waals surface area contributed by atoms with Crippen LogP contribution < -0.4 is 5.56 Å². The van der Waals surface area contributed by atoms with E-state index < -0.39 is 0 Å². The van der Waals surface area contributed by atoms with Gasteiger partial charge in [-0.3, -0.25) is 14.2 Å². The van der Waals surface area contributed by atoms with E-state index in [1.807, 2.05) is 96.4 Å². The van der Waals surface area contributed by atoms with Crippen molar-refractivity contribution in [3.05, 3.63) is 130 Å². The average Bonchev–Trinajstić information content (AvgIpc) is 3.19. The van der Waals surface area contributed by atoms with Gasteiger partial charge in [0.15, 0.2) is 5.78 Å². The van der Waals surface area contributed by atoms with Gasteiger partial charge in [0.05, 0.1) is 11.7 Å². The first-order valence-electron chi connectivity index (χ1n) is 11.6. The monoisotopic (exact) mass is 441 g/mol. The lowest BCUT2D eigenvalue weighted by atomic mass is 9.93. The van der Waals surface area contributed by atoms with Crippen molar-refractivity contribution in [1.82, 2.24) is 4.57 Å². The van der Waals surface area contributed by atoms with Crippen molar-refractivity contribution in [3.63, 3.8) is 0 Å². The smallest absolute Gasteiger partial charge is 0.259 e. The van der Waals surface area contributed by atoms with Crippen molar-refractivity contribution < 1.29 is 4.79 Å². The van der Waals surface area contributed by atoms with E-state index in [9.17, 15) is 9.59 Å². The number of rotatable bonds is 4. The number of aromatic nitrogens is 1. The fourth-order valence-corrected chi connectivity index (χ4v) is 5.20. The van der Waals surface area contributed by atoms with Gasteiger partial charge in [0.1, 0.15) is 0 Å². The highest BCUT2D eigenvalue weighted by Gasteiger charge is 2.34. The molecule has 1 aliphatic rings. The van der Waals surface area contributed by atoms with E-state index in [0.29, 0.717) is 10.9 Å². The highest BCUT2D eigenvalue weighted by molar-refractivity contribution is 6.04. The molecule has 3 heteroatoms. The normalized spacial score (nSPS) is 14.1. The molecule has 4 aromatic carbocycles. The minimum absolute atomic E-state index is 0.0361. The van der Waals surface area contributed by atoms with Crippen LogP contribution in [0.4, 0.5) is 0 Å². The number of ketones is 1. The summed E-state index contributed by atoms with van der Waals surface area (Å²) in [4.78, 5) is 27.2. The van der Waals surface area contributed by atoms with Crippen molar-refractivity contribution >= 4 is 16.6 Å². The topological polar surface area (TPSA) is 39.1 Å². The third-order valence-corrected chi connectivity index (χ3v) is 6.82. The first kappa shape index (κ1) is 20.4. The summed E-state index contributed by atoms with van der Waals surface area (Å²) < 4.78 is 1.86. The molecule has 2 heterocycles. The molecule has 0 spiro atoms. The number of nitrogens with zero attached hydrogens (tertiary/aromatic N) is 1. The third-order valence-electron chi connectivity index (χ3n) is 6.82. The molecule has 6 rings (SSSR count).